The van der Waals surface area contributed by atoms with Crippen molar-refractivity contribution in [1.82, 2.24) is 9.55 Å². The first-order valence-electron chi connectivity index (χ1n) is 4.85. The minimum atomic E-state index is -1.14. The van der Waals surface area contributed by atoms with E-state index in [4.69, 9.17) is 0 Å². The van der Waals surface area contributed by atoms with Gasteiger partial charge in [-0.05, 0) is 12.5 Å². The van der Waals surface area contributed by atoms with E-state index in [9.17, 15) is 0 Å². The van der Waals surface area contributed by atoms with Crippen LogP contribution in [0.25, 0.3) is 0 Å². The fourth-order valence-corrected chi connectivity index (χ4v) is 4.86. The molecule has 0 amide bonds. The predicted molar refractivity (Wildman–Crippen MR) is 57.5 cm³/mol. The van der Waals surface area contributed by atoms with Gasteiger partial charge in [-0.25, -0.2) is 4.98 Å². The summed E-state index contributed by atoms with van der Waals surface area (Å²) >= 11 is 0. The van der Waals surface area contributed by atoms with E-state index in [-0.39, 0.29) is 0 Å². The lowest BCUT2D eigenvalue weighted by Gasteiger charge is -2.29. The van der Waals surface area contributed by atoms with Gasteiger partial charge < -0.3 is 9.13 Å². The molecule has 0 bridgehead atoms. The smallest absolute Gasteiger partial charge is 0.152 e. The second-order valence-electron chi connectivity index (χ2n) is 4.46. The van der Waals surface area contributed by atoms with Crippen molar-refractivity contribution in [1.29, 1.82) is 0 Å². The van der Waals surface area contributed by atoms with Gasteiger partial charge >= 0.3 is 0 Å². The lowest BCUT2D eigenvalue weighted by Crippen LogP contribution is -2.43. The van der Waals surface area contributed by atoms with Crippen LogP contribution in [0.2, 0.25) is 19.1 Å². The molecule has 1 fully saturated rings. The summed E-state index contributed by atoms with van der Waals surface area (Å²) in [6, 6.07) is 1.41. The standard InChI is InChI=1S/C9H17N3Si/c1-11-7-9(10-8-11)12-5-4-6-13(12,2)3/h7-8H,4-6H2,1-3H3. The Balaban J connectivity index is 2.26. The molecule has 72 valence electrons. The number of imidazole rings is 1. The average Bonchev–Trinajstić information content (AvgIpc) is 2.56. The Morgan fingerprint density at radius 3 is 2.69 bits per heavy atom. The molecule has 0 radical (unpaired) electrons. The highest BCUT2D eigenvalue weighted by Gasteiger charge is 2.35. The summed E-state index contributed by atoms with van der Waals surface area (Å²) in [5.74, 6) is 1.18. The number of rotatable bonds is 1. The number of aromatic nitrogens is 2. The van der Waals surface area contributed by atoms with E-state index in [0.717, 1.165) is 0 Å². The molecule has 3 nitrogen and oxygen atoms in total. The topological polar surface area (TPSA) is 21.1 Å². The van der Waals surface area contributed by atoms with Gasteiger partial charge in [0, 0.05) is 19.8 Å². The molecule has 0 aromatic carbocycles. The molecule has 4 heteroatoms. The third kappa shape index (κ3) is 1.50. The Kier molecular flexibility index (Phi) is 1.94. The largest absolute Gasteiger partial charge is 0.382 e. The van der Waals surface area contributed by atoms with E-state index in [0.29, 0.717) is 0 Å². The minimum Gasteiger partial charge on any atom is -0.382 e. The minimum absolute atomic E-state index is 1.14. The second-order valence-corrected chi connectivity index (χ2v) is 9.13. The maximum Gasteiger partial charge on any atom is 0.152 e. The molecule has 1 aromatic rings. The molecule has 1 aromatic heterocycles. The van der Waals surface area contributed by atoms with E-state index in [1.165, 1.54) is 24.8 Å². The van der Waals surface area contributed by atoms with Crippen molar-refractivity contribution in [2.24, 2.45) is 7.05 Å². The maximum atomic E-state index is 4.42. The van der Waals surface area contributed by atoms with Crippen molar-refractivity contribution in [2.75, 3.05) is 11.1 Å². The van der Waals surface area contributed by atoms with Crippen LogP contribution in [0.1, 0.15) is 6.42 Å². The van der Waals surface area contributed by atoms with Crippen LogP contribution >= 0.6 is 0 Å². The molecule has 1 aliphatic heterocycles. The van der Waals surface area contributed by atoms with Crippen LogP contribution in [-0.4, -0.2) is 24.3 Å². The first kappa shape index (κ1) is 8.81. The van der Waals surface area contributed by atoms with Gasteiger partial charge in [-0.15, -0.1) is 0 Å². The third-order valence-electron chi connectivity index (χ3n) is 2.87. The van der Waals surface area contributed by atoms with Crippen LogP contribution in [0, 0.1) is 0 Å². The van der Waals surface area contributed by atoms with E-state index < -0.39 is 8.24 Å². The predicted octanol–water partition coefficient (Wildman–Crippen LogP) is 1.84. The van der Waals surface area contributed by atoms with Crippen molar-refractivity contribution in [2.45, 2.75) is 25.6 Å². The Bertz CT molecular complexity index is 306. The zero-order chi connectivity index (χ0) is 9.47. The monoisotopic (exact) mass is 195 g/mol. The normalized spacial score (nSPS) is 21.0. The van der Waals surface area contributed by atoms with Gasteiger partial charge in [0.1, 0.15) is 5.82 Å². The van der Waals surface area contributed by atoms with E-state index in [2.05, 4.69) is 28.8 Å². The van der Waals surface area contributed by atoms with E-state index in [1.807, 2.05) is 17.9 Å². The van der Waals surface area contributed by atoms with Crippen molar-refractivity contribution in [3.63, 3.8) is 0 Å². The van der Waals surface area contributed by atoms with Crippen LogP contribution in [0.4, 0.5) is 5.82 Å². The molecule has 0 spiro atoms. The van der Waals surface area contributed by atoms with Crippen LogP contribution in [-0.2, 0) is 7.05 Å². The van der Waals surface area contributed by atoms with Gasteiger partial charge in [-0.1, -0.05) is 13.1 Å². The molecule has 0 atom stereocenters. The molecule has 0 unspecified atom stereocenters. The number of hydrogen-bond acceptors (Lipinski definition) is 2. The van der Waals surface area contributed by atoms with Gasteiger partial charge in [-0.3, -0.25) is 0 Å². The first-order valence-corrected chi connectivity index (χ1v) is 8.01. The molecular weight excluding hydrogens is 178 g/mol. The van der Waals surface area contributed by atoms with E-state index >= 15 is 0 Å². The highest BCUT2D eigenvalue weighted by Crippen LogP contribution is 2.29. The van der Waals surface area contributed by atoms with Crippen LogP contribution in [0.3, 0.4) is 0 Å². The van der Waals surface area contributed by atoms with Crippen LogP contribution < -0.4 is 4.57 Å². The summed E-state index contributed by atoms with van der Waals surface area (Å²) in [7, 11) is 0.889. The summed E-state index contributed by atoms with van der Waals surface area (Å²) in [6.07, 6.45) is 5.36. The molecule has 1 aliphatic rings. The van der Waals surface area contributed by atoms with Gasteiger partial charge in [-0.2, -0.15) is 0 Å². The highest BCUT2D eigenvalue weighted by molar-refractivity contribution is 6.81. The lowest BCUT2D eigenvalue weighted by atomic mass is 10.5. The molecule has 0 saturated carbocycles. The molecular formula is C9H17N3Si. The highest BCUT2D eigenvalue weighted by atomic mass is 28.3. The fraction of sp³-hybridized carbons (Fsp3) is 0.667. The number of anilines is 1. The second kappa shape index (κ2) is 2.87. The molecule has 13 heavy (non-hydrogen) atoms. The SMILES string of the molecule is Cn1cnc(N2CCC[Si]2(C)C)c1. The van der Waals surface area contributed by atoms with Crippen molar-refractivity contribution >= 4 is 14.1 Å². The first-order chi connectivity index (χ1) is 6.09. The summed E-state index contributed by atoms with van der Waals surface area (Å²) < 4.78 is 4.56. The van der Waals surface area contributed by atoms with Crippen molar-refractivity contribution < 1.29 is 0 Å². The Morgan fingerprint density at radius 2 is 2.23 bits per heavy atom. The van der Waals surface area contributed by atoms with E-state index in [1.54, 1.807) is 0 Å². The van der Waals surface area contributed by atoms with Gasteiger partial charge in [0.15, 0.2) is 8.24 Å². The Morgan fingerprint density at radius 1 is 1.46 bits per heavy atom. The average molecular weight is 195 g/mol. The third-order valence-corrected chi connectivity index (χ3v) is 6.36. The maximum absolute atomic E-state index is 4.42. The summed E-state index contributed by atoms with van der Waals surface area (Å²) in [5.41, 5.74) is 0. The van der Waals surface area contributed by atoms with Crippen LogP contribution in [0.5, 0.6) is 0 Å². The summed E-state index contributed by atoms with van der Waals surface area (Å²) in [4.78, 5) is 4.42. The quantitative estimate of drug-likeness (QED) is 0.638. The van der Waals surface area contributed by atoms with Gasteiger partial charge in [0.05, 0.1) is 6.33 Å². The lowest BCUT2D eigenvalue weighted by molar-refractivity contribution is 0.912. The molecule has 2 rings (SSSR count). The van der Waals surface area contributed by atoms with Crippen LogP contribution in [0.15, 0.2) is 12.5 Å². The zero-order valence-electron chi connectivity index (χ0n) is 8.62. The Labute approximate surface area is 80.5 Å². The number of aryl methyl sites for hydroxylation is 1. The van der Waals surface area contributed by atoms with Gasteiger partial charge in [0.25, 0.3) is 0 Å². The van der Waals surface area contributed by atoms with Gasteiger partial charge in [0.2, 0.25) is 0 Å². The number of hydrogen-bond donors (Lipinski definition) is 0. The molecule has 0 N–H and O–H groups in total. The Hall–Kier alpha value is -0.773. The fourth-order valence-electron chi connectivity index (χ4n) is 2.07. The number of nitrogens with zero attached hydrogens (tertiary/aromatic N) is 3. The summed E-state index contributed by atoms with van der Waals surface area (Å²) in [6.45, 7) is 6.06. The zero-order valence-corrected chi connectivity index (χ0v) is 9.62. The molecule has 1 saturated heterocycles. The van der Waals surface area contributed by atoms with Crippen molar-refractivity contribution in [3.8, 4) is 0 Å². The molecule has 0 aliphatic carbocycles. The molecule has 2 heterocycles. The van der Waals surface area contributed by atoms with Crippen molar-refractivity contribution in [3.05, 3.63) is 12.5 Å². The summed E-state index contributed by atoms with van der Waals surface area (Å²) in [5, 5.41) is 0.